The van der Waals surface area contributed by atoms with Crippen molar-refractivity contribution in [3.05, 3.63) is 117 Å². The van der Waals surface area contributed by atoms with Crippen LogP contribution in [0.15, 0.2) is 66.8 Å². The number of aryl methyl sites for hydroxylation is 1. The summed E-state index contributed by atoms with van der Waals surface area (Å²) < 4.78 is 65.8. The van der Waals surface area contributed by atoms with Crippen LogP contribution in [0.2, 0.25) is 0 Å². The van der Waals surface area contributed by atoms with Crippen LogP contribution in [0.4, 0.5) is 22.4 Å². The van der Waals surface area contributed by atoms with Crippen molar-refractivity contribution in [2.24, 2.45) is 0 Å². The highest BCUT2D eigenvalue weighted by Crippen LogP contribution is 2.40. The summed E-state index contributed by atoms with van der Waals surface area (Å²) in [4.78, 5) is 31.1. The van der Waals surface area contributed by atoms with Gasteiger partial charge in [-0.2, -0.15) is 13.2 Å². The number of hydrogen-bond acceptors (Lipinski definition) is 5. The maximum atomic E-state index is 13.6. The fraction of sp³-hybridized carbons (Fsp3) is 0.361. The fourth-order valence-corrected chi connectivity index (χ4v) is 6.18. The van der Waals surface area contributed by atoms with Gasteiger partial charge in [-0.3, -0.25) is 9.88 Å². The minimum absolute atomic E-state index is 0.00742. The monoisotopic (exact) mass is 652 g/mol. The highest BCUT2D eigenvalue weighted by molar-refractivity contribution is 5.89. The van der Waals surface area contributed by atoms with Gasteiger partial charge >= 0.3 is 18.2 Å². The van der Waals surface area contributed by atoms with E-state index in [2.05, 4.69) is 0 Å². The van der Waals surface area contributed by atoms with Crippen molar-refractivity contribution in [2.45, 2.75) is 77.2 Å². The lowest BCUT2D eigenvalue weighted by molar-refractivity contribution is -0.137. The van der Waals surface area contributed by atoms with E-state index in [4.69, 9.17) is 14.5 Å². The number of benzene rings is 2. The zero-order valence-electron chi connectivity index (χ0n) is 26.6. The van der Waals surface area contributed by atoms with E-state index in [1.54, 1.807) is 32.2 Å². The molecule has 47 heavy (non-hydrogen) atoms. The molecule has 1 fully saturated rings. The van der Waals surface area contributed by atoms with E-state index < -0.39 is 42.6 Å². The second-order valence-corrected chi connectivity index (χ2v) is 12.2. The first-order chi connectivity index (χ1) is 22.2. The van der Waals surface area contributed by atoms with Crippen LogP contribution in [-0.4, -0.2) is 46.3 Å². The van der Waals surface area contributed by atoms with Crippen LogP contribution in [0, 0.1) is 6.92 Å². The summed E-state index contributed by atoms with van der Waals surface area (Å²) in [5, 5.41) is 9.41. The average molecular weight is 653 g/mol. The number of carbonyl (C=O) groups excluding carboxylic acids is 1. The molecule has 1 amide bonds. The molecule has 3 unspecified atom stereocenters. The van der Waals surface area contributed by atoms with Crippen LogP contribution in [-0.2, 0) is 28.9 Å². The number of carboxylic acids is 1. The lowest BCUT2D eigenvalue weighted by Gasteiger charge is -2.29. The zero-order chi connectivity index (χ0) is 34.2. The molecular formula is C36H36F4N2O5. The van der Waals surface area contributed by atoms with E-state index in [0.29, 0.717) is 5.69 Å². The summed E-state index contributed by atoms with van der Waals surface area (Å²) in [6.07, 6.45) is -0.985. The molecule has 0 radical (unpaired) electrons. The summed E-state index contributed by atoms with van der Waals surface area (Å²) in [7, 11) is 1.59. The number of aromatic carboxylic acids is 1. The van der Waals surface area contributed by atoms with Crippen molar-refractivity contribution >= 4 is 17.6 Å². The molecule has 4 atom stereocenters. The molecule has 0 saturated carbocycles. The predicted octanol–water partition coefficient (Wildman–Crippen LogP) is 8.53. The van der Waals surface area contributed by atoms with Gasteiger partial charge in [-0.25, -0.2) is 14.0 Å². The molecule has 2 aromatic carbocycles. The standard InChI is InChI=1S/C36H36F4N2O5/c1-19(2)30-10-9-28(29-16-23(7-11-32(29)46-5)27-8-6-24(34(43)44)12-20(27)3)31(41-30)18-42-21(4)33(47-35(42)45)25-13-22(17-37)14-26(15-25)36(38,39)40/h6-16,19,21,29,32-33H,17-18H2,1-5H3,(H,43,44)/t21?,29?,32?,33-/m0/s1. The fourth-order valence-electron chi connectivity index (χ4n) is 6.18. The smallest absolute Gasteiger partial charge is 0.416 e. The van der Waals surface area contributed by atoms with Crippen molar-refractivity contribution in [1.82, 2.24) is 9.88 Å². The Bertz CT molecular complexity index is 1750. The molecule has 1 aliphatic carbocycles. The molecular weight excluding hydrogens is 616 g/mol. The predicted molar refractivity (Wildman–Crippen MR) is 168 cm³/mol. The van der Waals surface area contributed by atoms with Crippen molar-refractivity contribution < 1.29 is 41.7 Å². The topological polar surface area (TPSA) is 89.0 Å². The SMILES string of the molecule is COC1C=CC(c2ccc(C(=O)O)cc2C)=CC1c1ccc(C(C)C)nc1CN1C(=O)O[C@H](c2cc(CF)cc(C(F)(F)F)c2)C1C. The van der Waals surface area contributed by atoms with E-state index >= 15 is 0 Å². The van der Waals surface area contributed by atoms with E-state index in [-0.39, 0.29) is 41.2 Å². The molecule has 1 N–H and O–H groups in total. The van der Waals surface area contributed by atoms with Gasteiger partial charge in [0.1, 0.15) is 12.8 Å². The Morgan fingerprint density at radius 2 is 1.87 bits per heavy atom. The van der Waals surface area contributed by atoms with Crippen LogP contribution in [0.1, 0.15) is 93.8 Å². The van der Waals surface area contributed by atoms with Gasteiger partial charge in [0.05, 0.1) is 35.5 Å². The van der Waals surface area contributed by atoms with E-state index in [0.717, 1.165) is 40.1 Å². The highest BCUT2D eigenvalue weighted by Gasteiger charge is 2.42. The van der Waals surface area contributed by atoms with Gasteiger partial charge in [-0.05, 0) is 89.6 Å². The molecule has 5 rings (SSSR count). The van der Waals surface area contributed by atoms with Crippen LogP contribution >= 0.6 is 0 Å². The summed E-state index contributed by atoms with van der Waals surface area (Å²) in [6.45, 7) is 6.42. The van der Waals surface area contributed by atoms with E-state index in [9.17, 15) is 32.3 Å². The number of amides is 1. The van der Waals surface area contributed by atoms with Gasteiger partial charge in [0, 0.05) is 18.7 Å². The first-order valence-electron chi connectivity index (χ1n) is 15.2. The number of carboxylic acid groups (broad SMARTS) is 1. The number of allylic oxidation sites excluding steroid dienone is 2. The number of rotatable bonds is 9. The van der Waals surface area contributed by atoms with Gasteiger partial charge in [0.2, 0.25) is 0 Å². The Hall–Kier alpha value is -4.51. The Balaban J connectivity index is 1.53. The third kappa shape index (κ3) is 6.95. The Morgan fingerprint density at radius 3 is 2.49 bits per heavy atom. The van der Waals surface area contributed by atoms with Crippen molar-refractivity contribution in [1.29, 1.82) is 0 Å². The molecule has 2 heterocycles. The Kier molecular flexibility index (Phi) is 9.58. The van der Waals surface area contributed by atoms with Gasteiger partial charge in [0.25, 0.3) is 0 Å². The number of cyclic esters (lactones) is 1. The van der Waals surface area contributed by atoms with Crippen molar-refractivity contribution in [3.8, 4) is 0 Å². The van der Waals surface area contributed by atoms with Crippen LogP contribution in [0.3, 0.4) is 0 Å². The number of methoxy groups -OCH3 is 1. The minimum Gasteiger partial charge on any atom is -0.478 e. The molecule has 7 nitrogen and oxygen atoms in total. The summed E-state index contributed by atoms with van der Waals surface area (Å²) >= 11 is 0. The number of ether oxygens (including phenoxy) is 2. The molecule has 1 aromatic heterocycles. The third-order valence-corrected chi connectivity index (χ3v) is 8.75. The number of alkyl halides is 4. The Labute approximate surface area is 270 Å². The number of carbonyl (C=O) groups is 2. The van der Waals surface area contributed by atoms with Gasteiger partial charge < -0.3 is 14.6 Å². The number of nitrogens with zero attached hydrogens (tertiary/aromatic N) is 2. The maximum absolute atomic E-state index is 13.6. The van der Waals surface area contributed by atoms with Gasteiger partial charge in [0.15, 0.2) is 0 Å². The molecule has 1 saturated heterocycles. The summed E-state index contributed by atoms with van der Waals surface area (Å²) in [5.74, 6) is -1.30. The highest BCUT2D eigenvalue weighted by atomic mass is 19.4. The molecule has 1 aliphatic heterocycles. The Morgan fingerprint density at radius 1 is 1.13 bits per heavy atom. The lowest BCUT2D eigenvalue weighted by atomic mass is 9.83. The van der Waals surface area contributed by atoms with E-state index in [1.807, 2.05) is 51.1 Å². The van der Waals surface area contributed by atoms with Gasteiger partial charge in [-0.1, -0.05) is 44.2 Å². The number of aromatic nitrogens is 1. The molecule has 248 valence electrons. The number of hydrogen-bond donors (Lipinski definition) is 1. The van der Waals surface area contributed by atoms with E-state index in [1.165, 1.54) is 11.0 Å². The van der Waals surface area contributed by atoms with Crippen molar-refractivity contribution in [3.63, 3.8) is 0 Å². The van der Waals surface area contributed by atoms with Crippen LogP contribution < -0.4 is 0 Å². The molecule has 11 heteroatoms. The summed E-state index contributed by atoms with van der Waals surface area (Å²) in [6, 6.07) is 11.1. The average Bonchev–Trinajstić information content (AvgIpc) is 3.32. The second-order valence-electron chi connectivity index (χ2n) is 12.2. The molecule has 2 aliphatic rings. The second kappa shape index (κ2) is 13.3. The number of pyridine rings is 1. The molecule has 0 bridgehead atoms. The maximum Gasteiger partial charge on any atom is 0.416 e. The third-order valence-electron chi connectivity index (χ3n) is 8.75. The first kappa shape index (κ1) is 33.8. The quantitative estimate of drug-likeness (QED) is 0.233. The largest absolute Gasteiger partial charge is 0.478 e. The number of halogens is 4. The first-order valence-corrected chi connectivity index (χ1v) is 15.2. The van der Waals surface area contributed by atoms with Crippen LogP contribution in [0.5, 0.6) is 0 Å². The zero-order valence-corrected chi connectivity index (χ0v) is 26.6. The minimum atomic E-state index is -4.70. The lowest BCUT2D eigenvalue weighted by Crippen LogP contribution is -2.33. The van der Waals surface area contributed by atoms with Crippen LogP contribution in [0.25, 0.3) is 5.57 Å². The molecule has 0 spiro atoms. The normalized spacial score (nSPS) is 21.3. The van der Waals surface area contributed by atoms with Gasteiger partial charge in [-0.15, -0.1) is 0 Å². The molecule has 3 aromatic rings. The van der Waals surface area contributed by atoms with Crippen molar-refractivity contribution in [2.75, 3.05) is 7.11 Å². The summed E-state index contributed by atoms with van der Waals surface area (Å²) in [5.41, 5.74) is 3.73.